The molecule has 4 nitrogen and oxygen atoms in total. The zero-order valence-corrected chi connectivity index (χ0v) is 9.46. The Balaban J connectivity index is 2.46. The number of aromatic nitrogens is 1. The lowest BCUT2D eigenvalue weighted by Crippen LogP contribution is -2.33. The third-order valence-electron chi connectivity index (χ3n) is 1.98. The number of pyridine rings is 1. The molecule has 5 heteroatoms. The largest absolute Gasteiger partial charge is 0.326 e. The maximum Gasteiger partial charge on any atom is 0.225 e. The first-order valence-electron chi connectivity index (χ1n) is 5.08. The first-order chi connectivity index (χ1) is 7.37. The Labute approximate surface area is 94.1 Å². The van der Waals surface area contributed by atoms with Gasteiger partial charge in [0.2, 0.25) is 11.9 Å². The summed E-state index contributed by atoms with van der Waals surface area (Å²) >= 11 is 0. The molecule has 3 N–H and O–H groups in total. The van der Waals surface area contributed by atoms with Crippen LogP contribution in [0.15, 0.2) is 18.2 Å². The van der Waals surface area contributed by atoms with Gasteiger partial charge in [0.05, 0.1) is 0 Å². The molecule has 0 aromatic carbocycles. The number of carbonyl (C=O) groups is 1. The molecule has 0 aliphatic heterocycles. The van der Waals surface area contributed by atoms with Crippen LogP contribution < -0.4 is 11.1 Å². The lowest BCUT2D eigenvalue weighted by atomic mass is 10.00. The molecule has 1 aromatic rings. The highest BCUT2D eigenvalue weighted by Crippen LogP contribution is 2.09. The van der Waals surface area contributed by atoms with Gasteiger partial charge in [-0.1, -0.05) is 6.07 Å². The van der Waals surface area contributed by atoms with Crippen LogP contribution in [0.3, 0.4) is 0 Å². The molecule has 1 amide bonds. The van der Waals surface area contributed by atoms with Crippen LogP contribution in [0.5, 0.6) is 0 Å². The van der Waals surface area contributed by atoms with Gasteiger partial charge in [-0.3, -0.25) is 4.79 Å². The van der Waals surface area contributed by atoms with Gasteiger partial charge in [-0.05, 0) is 32.4 Å². The SMILES string of the molecule is CC(C)(N)CCC(=O)Nc1cccc(F)n1. The van der Waals surface area contributed by atoms with E-state index in [9.17, 15) is 9.18 Å². The van der Waals surface area contributed by atoms with Gasteiger partial charge in [0, 0.05) is 12.0 Å². The molecule has 0 saturated carbocycles. The lowest BCUT2D eigenvalue weighted by Gasteiger charge is -2.17. The molecule has 1 aromatic heterocycles. The quantitative estimate of drug-likeness (QED) is 0.766. The van der Waals surface area contributed by atoms with Crippen molar-refractivity contribution >= 4 is 11.7 Å². The van der Waals surface area contributed by atoms with Crippen molar-refractivity contribution in [2.45, 2.75) is 32.2 Å². The average Bonchev–Trinajstić information content (AvgIpc) is 2.14. The fourth-order valence-electron chi connectivity index (χ4n) is 1.12. The number of hydrogen-bond donors (Lipinski definition) is 2. The Morgan fingerprint density at radius 2 is 2.25 bits per heavy atom. The predicted octanol–water partition coefficient (Wildman–Crippen LogP) is 1.68. The second-order valence-electron chi connectivity index (χ2n) is 4.38. The maximum absolute atomic E-state index is 12.7. The number of nitrogens with one attached hydrogen (secondary N) is 1. The standard InChI is InChI=1S/C11H16FN3O/c1-11(2,13)7-6-10(16)15-9-5-3-4-8(12)14-9/h3-5H,6-7,13H2,1-2H3,(H,14,15,16). The number of hydrogen-bond acceptors (Lipinski definition) is 3. The molecule has 0 saturated heterocycles. The van der Waals surface area contributed by atoms with E-state index in [1.165, 1.54) is 18.2 Å². The third kappa shape index (κ3) is 4.84. The molecule has 0 bridgehead atoms. The molecular formula is C11H16FN3O. The van der Waals surface area contributed by atoms with E-state index in [0.29, 0.717) is 12.8 Å². The molecule has 0 spiro atoms. The van der Waals surface area contributed by atoms with Crippen LogP contribution in [-0.2, 0) is 4.79 Å². The smallest absolute Gasteiger partial charge is 0.225 e. The van der Waals surface area contributed by atoms with Crippen LogP contribution in [0, 0.1) is 5.95 Å². The highest BCUT2D eigenvalue weighted by atomic mass is 19.1. The van der Waals surface area contributed by atoms with Gasteiger partial charge in [-0.25, -0.2) is 4.98 Å². The van der Waals surface area contributed by atoms with Crippen LogP contribution in [0.2, 0.25) is 0 Å². The van der Waals surface area contributed by atoms with Crippen LogP contribution in [0.1, 0.15) is 26.7 Å². The summed E-state index contributed by atoms with van der Waals surface area (Å²) in [7, 11) is 0. The van der Waals surface area contributed by atoms with E-state index in [2.05, 4.69) is 10.3 Å². The molecule has 0 aliphatic carbocycles. The Bertz CT molecular complexity index is 374. The molecule has 0 atom stereocenters. The highest BCUT2D eigenvalue weighted by Gasteiger charge is 2.13. The van der Waals surface area contributed by atoms with Gasteiger partial charge < -0.3 is 11.1 Å². The van der Waals surface area contributed by atoms with Gasteiger partial charge in [0.25, 0.3) is 0 Å². The summed E-state index contributed by atoms with van der Waals surface area (Å²) in [4.78, 5) is 15.0. The first kappa shape index (κ1) is 12.6. The zero-order valence-electron chi connectivity index (χ0n) is 9.46. The summed E-state index contributed by atoms with van der Waals surface area (Å²) in [5.41, 5.74) is 5.36. The summed E-state index contributed by atoms with van der Waals surface area (Å²) in [6, 6.07) is 4.25. The van der Waals surface area contributed by atoms with Crippen molar-refractivity contribution in [3.8, 4) is 0 Å². The lowest BCUT2D eigenvalue weighted by molar-refractivity contribution is -0.116. The number of nitrogens with zero attached hydrogens (tertiary/aromatic N) is 1. The molecular weight excluding hydrogens is 209 g/mol. The van der Waals surface area contributed by atoms with Crippen molar-refractivity contribution < 1.29 is 9.18 Å². The van der Waals surface area contributed by atoms with Gasteiger partial charge >= 0.3 is 0 Å². The molecule has 0 fully saturated rings. The Morgan fingerprint density at radius 3 is 2.81 bits per heavy atom. The van der Waals surface area contributed by atoms with Crippen molar-refractivity contribution in [3.05, 3.63) is 24.1 Å². The number of nitrogens with two attached hydrogens (primary N) is 1. The van der Waals surface area contributed by atoms with E-state index in [1.807, 2.05) is 13.8 Å². The summed E-state index contributed by atoms with van der Waals surface area (Å²) in [5.74, 6) is -0.603. The molecule has 1 rings (SSSR count). The number of halogens is 1. The van der Waals surface area contributed by atoms with E-state index in [4.69, 9.17) is 5.73 Å². The maximum atomic E-state index is 12.7. The first-order valence-corrected chi connectivity index (χ1v) is 5.08. The monoisotopic (exact) mass is 225 g/mol. The van der Waals surface area contributed by atoms with Gasteiger partial charge in [-0.15, -0.1) is 0 Å². The minimum atomic E-state index is -0.614. The number of anilines is 1. The molecule has 0 unspecified atom stereocenters. The molecule has 16 heavy (non-hydrogen) atoms. The summed E-state index contributed by atoms with van der Waals surface area (Å²) in [6.45, 7) is 3.70. The summed E-state index contributed by atoms with van der Waals surface area (Å²) in [6.07, 6.45) is 0.857. The Hall–Kier alpha value is -1.49. The van der Waals surface area contributed by atoms with E-state index in [0.717, 1.165) is 0 Å². The van der Waals surface area contributed by atoms with E-state index < -0.39 is 5.95 Å². The van der Waals surface area contributed by atoms with Gasteiger partial charge in [0.1, 0.15) is 5.82 Å². The van der Waals surface area contributed by atoms with Crippen molar-refractivity contribution in [2.24, 2.45) is 5.73 Å². The van der Waals surface area contributed by atoms with Gasteiger partial charge in [-0.2, -0.15) is 4.39 Å². The Kier molecular flexibility index (Phi) is 3.95. The molecule has 0 aliphatic rings. The van der Waals surface area contributed by atoms with Crippen LogP contribution in [-0.4, -0.2) is 16.4 Å². The second-order valence-corrected chi connectivity index (χ2v) is 4.38. The number of rotatable bonds is 4. The molecule has 88 valence electrons. The summed E-state index contributed by atoms with van der Waals surface area (Å²) in [5, 5.41) is 2.51. The fourth-order valence-corrected chi connectivity index (χ4v) is 1.12. The molecule has 1 heterocycles. The van der Waals surface area contributed by atoms with E-state index >= 15 is 0 Å². The molecule has 0 radical (unpaired) electrons. The van der Waals surface area contributed by atoms with Crippen LogP contribution in [0.25, 0.3) is 0 Å². The number of carbonyl (C=O) groups excluding carboxylic acids is 1. The highest BCUT2D eigenvalue weighted by molar-refractivity contribution is 5.89. The fraction of sp³-hybridized carbons (Fsp3) is 0.455. The minimum Gasteiger partial charge on any atom is -0.326 e. The van der Waals surface area contributed by atoms with Crippen molar-refractivity contribution in [3.63, 3.8) is 0 Å². The minimum absolute atomic E-state index is 0.211. The van der Waals surface area contributed by atoms with E-state index in [1.54, 1.807) is 0 Å². The topological polar surface area (TPSA) is 68.0 Å². The second kappa shape index (κ2) is 5.03. The van der Waals surface area contributed by atoms with Gasteiger partial charge in [0.15, 0.2) is 0 Å². The average molecular weight is 225 g/mol. The number of amides is 1. The van der Waals surface area contributed by atoms with Crippen molar-refractivity contribution in [2.75, 3.05) is 5.32 Å². The van der Waals surface area contributed by atoms with Crippen LogP contribution in [0.4, 0.5) is 10.2 Å². The summed E-state index contributed by atoms with van der Waals surface area (Å²) < 4.78 is 12.7. The van der Waals surface area contributed by atoms with Crippen LogP contribution >= 0.6 is 0 Å². The van der Waals surface area contributed by atoms with Crippen molar-refractivity contribution in [1.29, 1.82) is 0 Å². The third-order valence-corrected chi connectivity index (χ3v) is 1.98. The van der Waals surface area contributed by atoms with Crippen molar-refractivity contribution in [1.82, 2.24) is 4.98 Å². The van der Waals surface area contributed by atoms with E-state index in [-0.39, 0.29) is 17.3 Å². The zero-order chi connectivity index (χ0) is 12.2. The normalized spacial score (nSPS) is 11.2. The Morgan fingerprint density at radius 1 is 1.56 bits per heavy atom. The predicted molar refractivity (Wildman–Crippen MR) is 60.3 cm³/mol.